The Morgan fingerprint density at radius 3 is 2.54 bits per heavy atom. The van der Waals surface area contributed by atoms with E-state index in [-0.39, 0.29) is 29.1 Å². The van der Waals surface area contributed by atoms with Crippen molar-refractivity contribution in [2.45, 2.75) is 20.5 Å². The van der Waals surface area contributed by atoms with Gasteiger partial charge in [0.25, 0.3) is 5.69 Å². The lowest BCUT2D eigenvalue weighted by Gasteiger charge is -2.11. The van der Waals surface area contributed by atoms with Gasteiger partial charge in [0.05, 0.1) is 18.2 Å². The second kappa shape index (κ2) is 7.99. The summed E-state index contributed by atoms with van der Waals surface area (Å²) in [6, 6.07) is 9.56. The molecular weight excluding hydrogens is 367 g/mol. The summed E-state index contributed by atoms with van der Waals surface area (Å²) < 4.78 is 24.0. The van der Waals surface area contributed by atoms with Gasteiger partial charge in [0, 0.05) is 6.92 Å². The van der Waals surface area contributed by atoms with Crippen molar-refractivity contribution in [2.24, 2.45) is 0 Å². The van der Waals surface area contributed by atoms with E-state index in [1.807, 2.05) is 6.92 Å². The zero-order chi connectivity index (χ0) is 20.3. The first kappa shape index (κ1) is 19.2. The summed E-state index contributed by atoms with van der Waals surface area (Å²) in [5.41, 5.74) is 0.464. The second-order valence-electron chi connectivity index (χ2n) is 5.92. The maximum Gasteiger partial charge on any atom is 0.338 e. The largest absolute Gasteiger partial charge is 0.618 e. The number of carbonyl (C=O) groups is 2. The Bertz CT molecular complexity index is 1050. The smallest absolute Gasteiger partial charge is 0.338 e. The zero-order valence-electron chi connectivity index (χ0n) is 15.3. The van der Waals surface area contributed by atoms with Gasteiger partial charge >= 0.3 is 5.97 Å². The van der Waals surface area contributed by atoms with Gasteiger partial charge in [0.1, 0.15) is 23.7 Å². The molecule has 1 aromatic heterocycles. The summed E-state index contributed by atoms with van der Waals surface area (Å²) >= 11 is 0. The van der Waals surface area contributed by atoms with Gasteiger partial charge in [-0.25, -0.2) is 14.2 Å². The van der Waals surface area contributed by atoms with Gasteiger partial charge in [-0.05, 0) is 43.3 Å². The van der Waals surface area contributed by atoms with Crippen molar-refractivity contribution in [1.29, 1.82) is 0 Å². The molecule has 0 unspecified atom stereocenters. The third-order valence-corrected chi connectivity index (χ3v) is 3.96. The van der Waals surface area contributed by atoms with Gasteiger partial charge in [0.15, 0.2) is 5.69 Å². The van der Waals surface area contributed by atoms with Gasteiger partial charge in [-0.3, -0.25) is 4.79 Å². The fourth-order valence-electron chi connectivity index (χ4n) is 2.70. The Balaban J connectivity index is 1.94. The van der Waals surface area contributed by atoms with Gasteiger partial charge < -0.3 is 14.7 Å². The quantitative estimate of drug-likeness (QED) is 0.281. The molecule has 7 nitrogen and oxygen atoms in total. The maximum atomic E-state index is 13.0. The minimum Gasteiger partial charge on any atom is -0.618 e. The molecular formula is C20H17FN2O5. The van der Waals surface area contributed by atoms with Crippen molar-refractivity contribution in [2.75, 3.05) is 6.61 Å². The number of hydrogen-bond acceptors (Lipinski definition) is 6. The van der Waals surface area contributed by atoms with E-state index in [1.54, 1.807) is 12.1 Å². The standard InChI is InChI=1S/C20H17FN2O5/c1-3-27-15-8-9-16-18(10-15)23(26)19(12(2)24)17(22-16)11-28-20(25)13-4-6-14(21)7-5-13/h4-10H,3,11H2,1-2H3. The Morgan fingerprint density at radius 1 is 1.18 bits per heavy atom. The van der Waals surface area contributed by atoms with E-state index < -0.39 is 17.6 Å². The molecule has 0 bridgehead atoms. The molecule has 28 heavy (non-hydrogen) atoms. The second-order valence-corrected chi connectivity index (χ2v) is 5.92. The third-order valence-electron chi connectivity index (χ3n) is 3.96. The number of esters is 1. The normalized spacial score (nSPS) is 10.7. The molecule has 0 N–H and O–H groups in total. The van der Waals surface area contributed by atoms with Gasteiger partial charge in [-0.2, -0.15) is 4.73 Å². The number of halogens is 1. The SMILES string of the molecule is CCOc1ccc2nc(COC(=O)c3ccc(F)cc3)c(C(C)=O)[n+]([O-])c2c1. The molecule has 0 aliphatic carbocycles. The molecule has 3 aromatic rings. The average molecular weight is 384 g/mol. The van der Waals surface area contributed by atoms with Crippen LogP contribution in [0.1, 0.15) is 40.4 Å². The lowest BCUT2D eigenvalue weighted by molar-refractivity contribution is -0.580. The highest BCUT2D eigenvalue weighted by Gasteiger charge is 2.24. The van der Waals surface area contributed by atoms with Crippen LogP contribution in [-0.2, 0) is 11.3 Å². The number of Topliss-reactive ketones (excluding diaryl/α,β-unsaturated/α-hetero) is 1. The molecule has 1 heterocycles. The van der Waals surface area contributed by atoms with Crippen LogP contribution in [0.5, 0.6) is 5.75 Å². The number of ether oxygens (including phenoxy) is 2. The Hall–Kier alpha value is -3.55. The molecule has 0 spiro atoms. The van der Waals surface area contributed by atoms with Gasteiger partial charge in [-0.15, -0.1) is 0 Å². The van der Waals surface area contributed by atoms with Crippen LogP contribution in [0.25, 0.3) is 11.0 Å². The number of benzene rings is 2. The number of fused-ring (bicyclic) bond motifs is 1. The van der Waals surface area contributed by atoms with Crippen LogP contribution in [0, 0.1) is 11.0 Å². The van der Waals surface area contributed by atoms with Crippen molar-refractivity contribution >= 4 is 22.8 Å². The van der Waals surface area contributed by atoms with Crippen molar-refractivity contribution in [3.63, 3.8) is 0 Å². The van der Waals surface area contributed by atoms with E-state index in [0.29, 0.717) is 22.6 Å². The molecule has 0 saturated heterocycles. The molecule has 0 saturated carbocycles. The highest BCUT2D eigenvalue weighted by molar-refractivity contribution is 5.93. The van der Waals surface area contributed by atoms with E-state index in [2.05, 4.69) is 4.98 Å². The van der Waals surface area contributed by atoms with E-state index in [1.165, 1.54) is 25.1 Å². The van der Waals surface area contributed by atoms with Crippen LogP contribution in [0.3, 0.4) is 0 Å². The number of hydrogen-bond donors (Lipinski definition) is 0. The van der Waals surface area contributed by atoms with E-state index >= 15 is 0 Å². The molecule has 0 radical (unpaired) electrons. The number of nitrogens with zero attached hydrogens (tertiary/aromatic N) is 2. The average Bonchev–Trinajstić information content (AvgIpc) is 2.67. The van der Waals surface area contributed by atoms with Crippen LogP contribution in [0.15, 0.2) is 42.5 Å². The topological polar surface area (TPSA) is 92.4 Å². The van der Waals surface area contributed by atoms with Gasteiger partial charge in [0.2, 0.25) is 11.3 Å². The maximum absolute atomic E-state index is 13.0. The number of rotatable bonds is 6. The first-order chi connectivity index (χ1) is 13.4. The fourth-order valence-corrected chi connectivity index (χ4v) is 2.70. The molecule has 0 aliphatic heterocycles. The highest BCUT2D eigenvalue weighted by atomic mass is 19.1. The molecule has 0 atom stereocenters. The summed E-state index contributed by atoms with van der Waals surface area (Å²) in [6.07, 6.45) is 0. The van der Waals surface area contributed by atoms with Crippen molar-refractivity contribution in [3.05, 3.63) is 70.4 Å². The Kier molecular flexibility index (Phi) is 5.49. The first-order valence-corrected chi connectivity index (χ1v) is 8.53. The molecule has 2 aromatic carbocycles. The lowest BCUT2D eigenvalue weighted by Crippen LogP contribution is -2.37. The molecule has 8 heteroatoms. The summed E-state index contributed by atoms with van der Waals surface area (Å²) in [5.74, 6) is -1.24. The third kappa shape index (κ3) is 3.90. The lowest BCUT2D eigenvalue weighted by atomic mass is 10.2. The van der Waals surface area contributed by atoms with E-state index in [4.69, 9.17) is 9.47 Å². The fraction of sp³-hybridized carbons (Fsp3) is 0.200. The van der Waals surface area contributed by atoms with Crippen molar-refractivity contribution < 1.29 is 28.2 Å². The number of aromatic nitrogens is 2. The summed E-state index contributed by atoms with van der Waals surface area (Å²) in [5, 5.41) is 12.7. The molecule has 3 rings (SSSR count). The minimum absolute atomic E-state index is 0.0367. The zero-order valence-corrected chi connectivity index (χ0v) is 15.3. The van der Waals surface area contributed by atoms with Crippen LogP contribution in [-0.4, -0.2) is 23.3 Å². The molecule has 144 valence electrons. The summed E-state index contributed by atoms with van der Waals surface area (Å²) in [7, 11) is 0. The highest BCUT2D eigenvalue weighted by Crippen LogP contribution is 2.19. The molecule has 0 fully saturated rings. The predicted molar refractivity (Wildman–Crippen MR) is 97.4 cm³/mol. The summed E-state index contributed by atoms with van der Waals surface area (Å²) in [6.45, 7) is 3.09. The van der Waals surface area contributed by atoms with Crippen LogP contribution in [0.4, 0.5) is 4.39 Å². The van der Waals surface area contributed by atoms with E-state index in [0.717, 1.165) is 12.1 Å². The van der Waals surface area contributed by atoms with Crippen LogP contribution < -0.4 is 9.47 Å². The van der Waals surface area contributed by atoms with Gasteiger partial charge in [-0.1, -0.05) is 0 Å². The van der Waals surface area contributed by atoms with E-state index in [9.17, 15) is 19.2 Å². The van der Waals surface area contributed by atoms with Crippen molar-refractivity contribution in [3.8, 4) is 5.75 Å². The monoisotopic (exact) mass is 384 g/mol. The number of ketones is 1. The minimum atomic E-state index is -0.722. The summed E-state index contributed by atoms with van der Waals surface area (Å²) in [4.78, 5) is 28.4. The van der Waals surface area contributed by atoms with Crippen LogP contribution >= 0.6 is 0 Å². The first-order valence-electron chi connectivity index (χ1n) is 8.53. The van der Waals surface area contributed by atoms with Crippen LogP contribution in [0.2, 0.25) is 0 Å². The predicted octanol–water partition coefficient (Wildman–Crippen LogP) is 2.97. The Morgan fingerprint density at radius 2 is 1.89 bits per heavy atom. The Labute approximate surface area is 159 Å². The molecule has 0 aliphatic rings. The van der Waals surface area contributed by atoms with Crippen molar-refractivity contribution in [1.82, 2.24) is 4.98 Å². The number of carbonyl (C=O) groups excluding carboxylic acids is 2. The molecule has 0 amide bonds.